The summed E-state index contributed by atoms with van der Waals surface area (Å²) >= 11 is 7.13. The molecule has 8 nitrogen and oxygen atoms in total. The van der Waals surface area contributed by atoms with Crippen LogP contribution in [-0.4, -0.2) is 22.6 Å². The first kappa shape index (κ1) is 27.2. The first-order valence-corrected chi connectivity index (χ1v) is 14.8. The monoisotopic (exact) mass is 609 g/mol. The third kappa shape index (κ3) is 3.71. The number of benzene rings is 3. The topological polar surface area (TPSA) is 101 Å². The fourth-order valence-electron chi connectivity index (χ4n) is 6.15. The molecular formula is C33H24ClN3O5S. The molecule has 0 radical (unpaired) electrons. The number of ketones is 1. The van der Waals surface area contributed by atoms with E-state index >= 15 is 4.79 Å². The van der Waals surface area contributed by atoms with Crippen LogP contribution in [0.3, 0.4) is 0 Å². The van der Waals surface area contributed by atoms with E-state index in [0.29, 0.717) is 26.8 Å². The summed E-state index contributed by atoms with van der Waals surface area (Å²) in [7, 11) is 0. The number of carbonyl (C=O) groups is 3. The molecule has 1 unspecified atom stereocenters. The SMILES string of the molecule is CC(=O)c1sc(N2C(=O)c3oc4cc(C)c(C)cc4c(=O)c3C23C(=O)N(Cc2ccc(Cl)cc2)c2ccccc23)nc1C. The van der Waals surface area contributed by atoms with Crippen LogP contribution in [0.1, 0.15) is 60.7 Å². The van der Waals surface area contributed by atoms with E-state index in [9.17, 15) is 14.4 Å². The fourth-order valence-corrected chi connectivity index (χ4v) is 7.29. The maximum atomic E-state index is 15.0. The van der Waals surface area contributed by atoms with E-state index in [0.717, 1.165) is 28.0 Å². The molecule has 4 heterocycles. The van der Waals surface area contributed by atoms with Gasteiger partial charge in [0.15, 0.2) is 21.9 Å². The van der Waals surface area contributed by atoms with Crippen molar-refractivity contribution in [3.63, 3.8) is 0 Å². The summed E-state index contributed by atoms with van der Waals surface area (Å²) in [6.07, 6.45) is 0. The predicted molar refractivity (Wildman–Crippen MR) is 165 cm³/mol. The van der Waals surface area contributed by atoms with Crippen LogP contribution in [0.2, 0.25) is 5.02 Å². The molecule has 7 rings (SSSR count). The number of hydrogen-bond acceptors (Lipinski definition) is 7. The van der Waals surface area contributed by atoms with Gasteiger partial charge in [-0.2, -0.15) is 0 Å². The number of nitrogens with zero attached hydrogens (tertiary/aromatic N) is 3. The van der Waals surface area contributed by atoms with Crippen molar-refractivity contribution in [2.45, 2.75) is 39.8 Å². The quantitative estimate of drug-likeness (QED) is 0.216. The van der Waals surface area contributed by atoms with Crippen molar-refractivity contribution >= 4 is 62.3 Å². The van der Waals surface area contributed by atoms with Gasteiger partial charge in [-0.15, -0.1) is 0 Å². The maximum absolute atomic E-state index is 15.0. The van der Waals surface area contributed by atoms with Gasteiger partial charge < -0.3 is 9.32 Å². The van der Waals surface area contributed by atoms with Gasteiger partial charge in [-0.05, 0) is 67.8 Å². The van der Waals surface area contributed by atoms with Gasteiger partial charge in [0.05, 0.1) is 33.8 Å². The lowest BCUT2D eigenvalue weighted by atomic mass is 9.84. The second kappa shape index (κ2) is 9.45. The van der Waals surface area contributed by atoms with Gasteiger partial charge in [-0.25, -0.2) is 4.98 Å². The van der Waals surface area contributed by atoms with E-state index in [4.69, 9.17) is 16.0 Å². The first-order chi connectivity index (χ1) is 20.5. The summed E-state index contributed by atoms with van der Waals surface area (Å²) in [5.41, 5.74) is 1.84. The molecule has 214 valence electrons. The van der Waals surface area contributed by atoms with Gasteiger partial charge in [0.25, 0.3) is 11.8 Å². The number of rotatable bonds is 4. The van der Waals surface area contributed by atoms with E-state index in [1.54, 1.807) is 60.4 Å². The highest BCUT2D eigenvalue weighted by molar-refractivity contribution is 7.17. The molecule has 5 aromatic rings. The van der Waals surface area contributed by atoms with Crippen molar-refractivity contribution in [3.05, 3.63) is 120 Å². The van der Waals surface area contributed by atoms with Crippen molar-refractivity contribution in [3.8, 4) is 0 Å². The average molecular weight is 610 g/mol. The number of anilines is 2. The molecule has 10 heteroatoms. The van der Waals surface area contributed by atoms with Crippen LogP contribution in [0.25, 0.3) is 11.0 Å². The lowest BCUT2D eigenvalue weighted by Crippen LogP contribution is -2.53. The third-order valence-corrected chi connectivity index (χ3v) is 9.79. The third-order valence-electron chi connectivity index (χ3n) is 8.29. The van der Waals surface area contributed by atoms with E-state index in [2.05, 4.69) is 4.98 Å². The van der Waals surface area contributed by atoms with Gasteiger partial charge in [0.1, 0.15) is 5.58 Å². The van der Waals surface area contributed by atoms with Crippen molar-refractivity contribution in [1.82, 2.24) is 4.98 Å². The lowest BCUT2D eigenvalue weighted by molar-refractivity contribution is -0.121. The van der Waals surface area contributed by atoms with E-state index in [-0.39, 0.29) is 39.8 Å². The lowest BCUT2D eigenvalue weighted by Gasteiger charge is -2.32. The molecule has 0 saturated carbocycles. The Labute approximate surface area is 255 Å². The number of aromatic nitrogens is 1. The Morgan fingerprint density at radius 3 is 2.40 bits per heavy atom. The number of para-hydroxylation sites is 1. The van der Waals surface area contributed by atoms with Crippen LogP contribution < -0.4 is 15.2 Å². The highest BCUT2D eigenvalue weighted by atomic mass is 35.5. The molecule has 2 aromatic heterocycles. The molecule has 0 fully saturated rings. The first-order valence-electron chi connectivity index (χ1n) is 13.6. The maximum Gasteiger partial charge on any atom is 0.297 e. The molecule has 2 aliphatic heterocycles. The molecule has 43 heavy (non-hydrogen) atoms. The van der Waals surface area contributed by atoms with Crippen LogP contribution in [0.4, 0.5) is 10.8 Å². The van der Waals surface area contributed by atoms with Gasteiger partial charge in [0, 0.05) is 17.5 Å². The van der Waals surface area contributed by atoms with Crippen molar-refractivity contribution in [2.24, 2.45) is 0 Å². The Morgan fingerprint density at radius 2 is 1.70 bits per heavy atom. The largest absolute Gasteiger partial charge is 0.450 e. The Hall–Kier alpha value is -4.60. The van der Waals surface area contributed by atoms with Gasteiger partial charge >= 0.3 is 0 Å². The number of carbonyl (C=O) groups excluding carboxylic acids is 3. The van der Waals surface area contributed by atoms with Gasteiger partial charge in [-0.3, -0.25) is 24.1 Å². The molecule has 1 spiro atoms. The minimum absolute atomic E-state index is 0.0541. The number of aryl methyl sites for hydroxylation is 3. The van der Waals surface area contributed by atoms with Crippen LogP contribution >= 0.6 is 22.9 Å². The van der Waals surface area contributed by atoms with Gasteiger partial charge in [-0.1, -0.05) is 53.3 Å². The minimum atomic E-state index is -1.90. The van der Waals surface area contributed by atoms with Crippen molar-refractivity contribution in [1.29, 1.82) is 0 Å². The number of amides is 2. The molecule has 0 aliphatic carbocycles. The summed E-state index contributed by atoms with van der Waals surface area (Å²) in [6.45, 7) is 7.05. The number of thiazole rings is 1. The van der Waals surface area contributed by atoms with Crippen molar-refractivity contribution in [2.75, 3.05) is 9.80 Å². The molecule has 2 amide bonds. The summed E-state index contributed by atoms with van der Waals surface area (Å²) in [5, 5.41) is 0.966. The van der Waals surface area contributed by atoms with Crippen LogP contribution in [-0.2, 0) is 16.9 Å². The molecule has 1 atom stereocenters. The Kier molecular flexibility index (Phi) is 5.99. The summed E-state index contributed by atoms with van der Waals surface area (Å²) in [5.74, 6) is -1.60. The van der Waals surface area contributed by atoms with E-state index in [1.165, 1.54) is 11.8 Å². The summed E-state index contributed by atoms with van der Waals surface area (Å²) < 4.78 is 6.22. The average Bonchev–Trinajstić information content (AvgIpc) is 3.56. The zero-order chi connectivity index (χ0) is 30.4. The Bertz CT molecular complexity index is 2120. The van der Waals surface area contributed by atoms with Gasteiger partial charge in [0.2, 0.25) is 5.76 Å². The van der Waals surface area contributed by atoms with E-state index in [1.807, 2.05) is 26.0 Å². The zero-order valence-corrected chi connectivity index (χ0v) is 25.2. The molecule has 2 aliphatic rings. The summed E-state index contributed by atoms with van der Waals surface area (Å²) in [4.78, 5) is 64.2. The second-order valence-corrected chi connectivity index (χ2v) is 12.3. The summed E-state index contributed by atoms with van der Waals surface area (Å²) in [6, 6.07) is 17.7. The number of fused-ring (bicyclic) bond motifs is 5. The molecule has 0 bridgehead atoms. The molecule has 0 saturated heterocycles. The highest BCUT2D eigenvalue weighted by Gasteiger charge is 2.66. The second-order valence-electron chi connectivity index (χ2n) is 10.9. The molecule has 0 N–H and O–H groups in total. The molecule has 3 aromatic carbocycles. The van der Waals surface area contributed by atoms with Crippen LogP contribution in [0.15, 0.2) is 69.9 Å². The van der Waals surface area contributed by atoms with Crippen LogP contribution in [0.5, 0.6) is 0 Å². The van der Waals surface area contributed by atoms with Crippen LogP contribution in [0, 0.1) is 20.8 Å². The predicted octanol–water partition coefficient (Wildman–Crippen LogP) is 6.48. The fraction of sp³-hybridized carbons (Fsp3) is 0.182. The molecular weight excluding hydrogens is 586 g/mol. The Balaban J connectivity index is 1.57. The zero-order valence-electron chi connectivity index (χ0n) is 23.6. The highest BCUT2D eigenvalue weighted by Crippen LogP contribution is 2.55. The van der Waals surface area contributed by atoms with E-state index < -0.39 is 22.8 Å². The Morgan fingerprint density at radius 1 is 1.00 bits per heavy atom. The smallest absolute Gasteiger partial charge is 0.297 e. The normalized spacial score (nSPS) is 17.3. The standard InChI is InChI=1S/C33H24ClN3O5S/c1-16-13-22-25(14-17(16)2)42-28-26(27(22)39)33(37(30(28)40)32-35-18(3)29(43-32)19(4)38)23-7-5-6-8-24(23)36(31(33)41)15-20-9-11-21(34)12-10-20/h5-14H,15H2,1-4H3. The van der Waals surface area contributed by atoms with Crippen molar-refractivity contribution < 1.29 is 18.8 Å². The number of halogens is 1. The number of Topliss-reactive ketones (excluding diaryl/α,β-unsaturated/α-hetero) is 1. The number of hydrogen-bond donors (Lipinski definition) is 0. The minimum Gasteiger partial charge on any atom is -0.450 e.